The van der Waals surface area contributed by atoms with Gasteiger partial charge in [0.2, 0.25) is 10.0 Å². The first kappa shape index (κ1) is 31.5. The van der Waals surface area contributed by atoms with Gasteiger partial charge in [0.25, 0.3) is 0 Å². The van der Waals surface area contributed by atoms with Crippen LogP contribution in [0.15, 0.2) is 97.2 Å². The maximum atomic E-state index is 12.8. The van der Waals surface area contributed by atoms with E-state index in [0.717, 1.165) is 53.9 Å². The third kappa shape index (κ3) is 7.76. The van der Waals surface area contributed by atoms with Crippen LogP contribution in [0.2, 0.25) is 0 Å². The second-order valence-corrected chi connectivity index (χ2v) is 13.5. The molecule has 1 aliphatic carbocycles. The number of rotatable bonds is 14. The molecule has 1 fully saturated rings. The zero-order valence-electron chi connectivity index (χ0n) is 24.9. The van der Waals surface area contributed by atoms with Gasteiger partial charge in [0.05, 0.1) is 0 Å². The van der Waals surface area contributed by atoms with Crippen LogP contribution in [0, 0.1) is 5.92 Å². The molecule has 0 radical (unpaired) electrons. The predicted octanol–water partition coefficient (Wildman–Crippen LogP) is 6.68. The number of nitrogens with zero attached hydrogens (tertiary/aromatic N) is 1. The number of ether oxygens (including phenoxy) is 1. The van der Waals surface area contributed by atoms with E-state index in [9.17, 15) is 18.3 Å². The number of aromatic amines is 1. The molecule has 44 heavy (non-hydrogen) atoms. The molecule has 3 N–H and O–H groups in total. The van der Waals surface area contributed by atoms with E-state index < -0.39 is 27.7 Å². The van der Waals surface area contributed by atoms with Crippen molar-refractivity contribution in [1.29, 1.82) is 0 Å². The van der Waals surface area contributed by atoms with Crippen LogP contribution < -0.4 is 4.72 Å². The molecule has 5 rings (SSSR count). The van der Waals surface area contributed by atoms with Crippen LogP contribution >= 0.6 is 0 Å². The van der Waals surface area contributed by atoms with Crippen LogP contribution in [0.1, 0.15) is 73.2 Å². The van der Waals surface area contributed by atoms with Crippen LogP contribution in [0.5, 0.6) is 0 Å². The first-order chi connectivity index (χ1) is 21.4. The molecule has 0 saturated heterocycles. The number of hydrogen-bond donors (Lipinski definition) is 3. The van der Waals surface area contributed by atoms with Crippen molar-refractivity contribution in [3.63, 3.8) is 0 Å². The number of H-pyrrole nitrogens is 1. The van der Waals surface area contributed by atoms with E-state index in [1.807, 2.05) is 60.8 Å². The van der Waals surface area contributed by atoms with Crippen molar-refractivity contribution in [1.82, 2.24) is 14.7 Å². The fourth-order valence-corrected chi connectivity index (χ4v) is 7.76. The summed E-state index contributed by atoms with van der Waals surface area (Å²) < 4.78 is 33.3. The Morgan fingerprint density at radius 2 is 1.45 bits per heavy atom. The zero-order valence-corrected chi connectivity index (χ0v) is 25.7. The summed E-state index contributed by atoms with van der Waals surface area (Å²) >= 11 is 0. The van der Waals surface area contributed by atoms with Crippen molar-refractivity contribution in [2.75, 3.05) is 12.3 Å². The van der Waals surface area contributed by atoms with Crippen LogP contribution in [0.4, 0.5) is 4.79 Å². The maximum Gasteiger partial charge on any atom is 0.506 e. The Bertz CT molecular complexity index is 1470. The molecular formula is C35H41N3O5S. The van der Waals surface area contributed by atoms with Gasteiger partial charge in [0.1, 0.15) is 23.1 Å². The molecule has 9 heteroatoms. The number of aryl methyl sites for hydroxylation is 1. The minimum atomic E-state index is -3.69. The fraction of sp³-hybridized carbons (Fsp3) is 0.371. The van der Waals surface area contributed by atoms with Crippen LogP contribution in [-0.4, -0.2) is 48.0 Å². The van der Waals surface area contributed by atoms with Crippen molar-refractivity contribution >= 4 is 16.2 Å². The fourth-order valence-electron chi connectivity index (χ4n) is 6.43. The molecule has 1 heterocycles. The molecule has 232 valence electrons. The summed E-state index contributed by atoms with van der Waals surface area (Å²) in [6.07, 6.45) is 6.19. The highest BCUT2D eigenvalue weighted by molar-refractivity contribution is 7.89. The molecule has 1 atom stereocenters. The van der Waals surface area contributed by atoms with Gasteiger partial charge < -0.3 is 14.8 Å². The average molecular weight is 616 g/mol. The Morgan fingerprint density at radius 1 is 0.909 bits per heavy atom. The third-order valence-corrected chi connectivity index (χ3v) is 9.98. The summed E-state index contributed by atoms with van der Waals surface area (Å²) in [6.45, 7) is 0.394. The number of carboxylic acid groups (broad SMARTS) is 1. The van der Waals surface area contributed by atoms with Crippen LogP contribution in [0.25, 0.3) is 0 Å². The van der Waals surface area contributed by atoms with Gasteiger partial charge in [-0.25, -0.2) is 22.9 Å². The quantitative estimate of drug-likeness (QED) is 0.108. The number of hydrogen-bond acceptors (Lipinski definition) is 5. The predicted molar refractivity (Wildman–Crippen MR) is 171 cm³/mol. The maximum absolute atomic E-state index is 12.8. The minimum Gasteiger partial charge on any atom is -0.450 e. The highest BCUT2D eigenvalue weighted by Gasteiger charge is 2.41. The molecule has 0 amide bonds. The second kappa shape index (κ2) is 14.7. The lowest BCUT2D eigenvalue weighted by Gasteiger charge is -2.34. The van der Waals surface area contributed by atoms with E-state index >= 15 is 0 Å². The molecule has 1 saturated carbocycles. The molecule has 1 aromatic heterocycles. The Morgan fingerprint density at radius 3 is 1.98 bits per heavy atom. The van der Waals surface area contributed by atoms with E-state index in [-0.39, 0.29) is 12.2 Å². The summed E-state index contributed by atoms with van der Waals surface area (Å²) in [5, 5.41) is 9.29. The van der Waals surface area contributed by atoms with Crippen molar-refractivity contribution in [2.24, 2.45) is 5.92 Å². The van der Waals surface area contributed by atoms with Crippen molar-refractivity contribution in [3.05, 3.63) is 125 Å². The lowest BCUT2D eigenvalue weighted by Crippen LogP contribution is -2.37. The Kier molecular flexibility index (Phi) is 10.5. The molecule has 8 nitrogen and oxygen atoms in total. The van der Waals surface area contributed by atoms with E-state index in [1.165, 1.54) is 6.42 Å². The summed E-state index contributed by atoms with van der Waals surface area (Å²) in [4.78, 5) is 19.9. The Hall–Kier alpha value is -3.95. The van der Waals surface area contributed by atoms with Gasteiger partial charge in [-0.1, -0.05) is 110 Å². The van der Waals surface area contributed by atoms with Gasteiger partial charge in [-0.15, -0.1) is 0 Å². The Balaban J connectivity index is 1.33. The number of aromatic nitrogens is 2. The standard InChI is InChI=1S/C35H41N3O5S/c39-34(40)43-32(26-44(41,42)37-24-27-14-5-1-6-15-27)23-13-22-31-25-36-33(38-31)35(28-16-7-2-8-17-28,29-18-9-3-10-19-29)30-20-11-4-12-21-30/h2-4,7-12,16-21,25,27,32,37H,1,5-6,13-15,22-24,26H2,(H,36,38)(H,39,40). The molecule has 1 unspecified atom stereocenters. The lowest BCUT2D eigenvalue weighted by atomic mass is 9.69. The summed E-state index contributed by atoms with van der Waals surface area (Å²) in [6, 6.07) is 30.8. The van der Waals surface area contributed by atoms with Gasteiger partial charge in [-0.05, 0) is 54.7 Å². The number of imidazole rings is 1. The lowest BCUT2D eigenvalue weighted by molar-refractivity contribution is 0.0562. The van der Waals surface area contributed by atoms with Crippen molar-refractivity contribution < 1.29 is 23.1 Å². The number of carbonyl (C=O) groups is 1. The second-order valence-electron chi connectivity index (χ2n) is 11.6. The van der Waals surface area contributed by atoms with E-state index in [4.69, 9.17) is 9.72 Å². The van der Waals surface area contributed by atoms with Gasteiger partial charge >= 0.3 is 6.16 Å². The SMILES string of the molecule is O=C(O)OC(CCCc1cnc(C(c2ccccc2)(c2ccccc2)c2ccccc2)[nH]1)CS(=O)(=O)NCC1CCCCC1. The van der Waals surface area contributed by atoms with E-state index in [0.29, 0.717) is 25.3 Å². The molecular weight excluding hydrogens is 574 g/mol. The molecule has 0 aliphatic heterocycles. The van der Waals surface area contributed by atoms with Gasteiger partial charge in [0, 0.05) is 18.4 Å². The topological polar surface area (TPSA) is 121 Å². The Labute approximate surface area is 260 Å². The third-order valence-electron chi connectivity index (χ3n) is 8.57. The number of sulfonamides is 1. The van der Waals surface area contributed by atoms with Crippen LogP contribution in [0.3, 0.4) is 0 Å². The van der Waals surface area contributed by atoms with E-state index in [1.54, 1.807) is 0 Å². The van der Waals surface area contributed by atoms with E-state index in [2.05, 4.69) is 46.1 Å². The molecule has 0 bridgehead atoms. The summed E-state index contributed by atoms with van der Waals surface area (Å²) in [5.41, 5.74) is 3.38. The first-order valence-corrected chi connectivity index (χ1v) is 17.1. The summed E-state index contributed by atoms with van der Waals surface area (Å²) in [7, 11) is -3.69. The van der Waals surface area contributed by atoms with Gasteiger partial charge in [-0.2, -0.15) is 0 Å². The average Bonchev–Trinajstić information content (AvgIpc) is 3.51. The van der Waals surface area contributed by atoms with Crippen molar-refractivity contribution in [3.8, 4) is 0 Å². The largest absolute Gasteiger partial charge is 0.506 e. The minimum absolute atomic E-state index is 0.270. The monoisotopic (exact) mass is 615 g/mol. The molecule has 4 aromatic rings. The molecule has 3 aromatic carbocycles. The zero-order chi connectivity index (χ0) is 30.8. The molecule has 1 aliphatic rings. The smallest absolute Gasteiger partial charge is 0.450 e. The number of nitrogens with one attached hydrogen (secondary N) is 2. The first-order valence-electron chi connectivity index (χ1n) is 15.4. The highest BCUT2D eigenvalue weighted by Crippen LogP contribution is 2.43. The van der Waals surface area contributed by atoms with Gasteiger partial charge in [0.15, 0.2) is 0 Å². The highest BCUT2D eigenvalue weighted by atomic mass is 32.2. The molecule has 0 spiro atoms. The normalized spacial score (nSPS) is 15.1. The number of benzene rings is 3. The van der Waals surface area contributed by atoms with Gasteiger partial charge in [-0.3, -0.25) is 0 Å². The summed E-state index contributed by atoms with van der Waals surface area (Å²) in [5.74, 6) is 0.713. The van der Waals surface area contributed by atoms with Crippen molar-refractivity contribution in [2.45, 2.75) is 62.9 Å². The van der Waals surface area contributed by atoms with Crippen LogP contribution in [-0.2, 0) is 26.6 Å².